The fraction of sp³-hybridized carbons (Fsp3) is 0.316. The summed E-state index contributed by atoms with van der Waals surface area (Å²) in [6.07, 6.45) is 0.654. The number of nitrogens with zero attached hydrogens (tertiary/aromatic N) is 1. The number of hydrogen-bond donors (Lipinski definition) is 1. The molecule has 1 unspecified atom stereocenters. The highest BCUT2D eigenvalue weighted by molar-refractivity contribution is 7.89. The number of sulfonamides is 1. The van der Waals surface area contributed by atoms with E-state index in [0.29, 0.717) is 25.1 Å². The Labute approximate surface area is 153 Å². The van der Waals surface area contributed by atoms with Crippen LogP contribution in [0.15, 0.2) is 48.5 Å². The number of rotatable bonds is 5. The topological polar surface area (TPSA) is 89.7 Å². The maximum Gasteiger partial charge on any atom is 0.253 e. The summed E-state index contributed by atoms with van der Waals surface area (Å²) in [5, 5.41) is 5.10. The Morgan fingerprint density at radius 2 is 1.88 bits per heavy atom. The van der Waals surface area contributed by atoms with E-state index in [0.717, 1.165) is 16.9 Å². The first-order valence-corrected chi connectivity index (χ1v) is 10.1. The zero-order valence-electron chi connectivity index (χ0n) is 14.6. The number of likely N-dealkylation sites (tertiary alicyclic amines) is 1. The molecular weight excluding hydrogens is 352 g/mol. The van der Waals surface area contributed by atoms with Crippen LogP contribution in [0.2, 0.25) is 0 Å². The Morgan fingerprint density at radius 1 is 1.19 bits per heavy atom. The third-order valence-corrected chi connectivity index (χ3v) is 5.53. The average Bonchev–Trinajstić information content (AvgIpc) is 3.07. The highest BCUT2D eigenvalue weighted by Crippen LogP contribution is 2.30. The number of amides is 1. The minimum atomic E-state index is -3.51. The lowest BCUT2D eigenvalue weighted by Gasteiger charge is -2.17. The molecule has 0 bridgehead atoms. The molecule has 0 saturated carbocycles. The van der Waals surface area contributed by atoms with Gasteiger partial charge in [0.2, 0.25) is 10.0 Å². The molecule has 2 N–H and O–H groups in total. The van der Waals surface area contributed by atoms with Crippen molar-refractivity contribution in [2.24, 2.45) is 11.1 Å². The quantitative estimate of drug-likeness (QED) is 0.868. The summed E-state index contributed by atoms with van der Waals surface area (Å²) in [4.78, 5) is 14.3. The molecule has 1 aliphatic heterocycles. The summed E-state index contributed by atoms with van der Waals surface area (Å²) >= 11 is 0. The second-order valence-electron chi connectivity index (χ2n) is 6.51. The number of hydrogen-bond acceptors (Lipinski definition) is 4. The van der Waals surface area contributed by atoms with Crippen molar-refractivity contribution in [3.63, 3.8) is 0 Å². The molecule has 1 saturated heterocycles. The number of benzene rings is 2. The molecule has 0 aliphatic carbocycles. The van der Waals surface area contributed by atoms with Crippen LogP contribution in [0.4, 0.5) is 0 Å². The van der Waals surface area contributed by atoms with Gasteiger partial charge in [-0.2, -0.15) is 0 Å². The first-order chi connectivity index (χ1) is 12.4. The minimum absolute atomic E-state index is 0.0798. The minimum Gasteiger partial charge on any atom is -0.496 e. The van der Waals surface area contributed by atoms with Crippen molar-refractivity contribution < 1.29 is 17.9 Å². The number of ether oxygens (including phenoxy) is 1. The van der Waals surface area contributed by atoms with Crippen molar-refractivity contribution in [3.05, 3.63) is 54.1 Å². The maximum atomic E-state index is 12.6. The van der Waals surface area contributed by atoms with Gasteiger partial charge in [-0.05, 0) is 36.1 Å². The summed E-state index contributed by atoms with van der Waals surface area (Å²) in [5.41, 5.74) is 2.51. The van der Waals surface area contributed by atoms with Crippen LogP contribution in [0.1, 0.15) is 16.8 Å². The van der Waals surface area contributed by atoms with Gasteiger partial charge in [0, 0.05) is 24.2 Å². The molecule has 1 fully saturated rings. The molecule has 26 heavy (non-hydrogen) atoms. The molecule has 2 aromatic rings. The predicted octanol–water partition coefficient (Wildman–Crippen LogP) is 2.11. The monoisotopic (exact) mass is 374 g/mol. The standard InChI is InChI=1S/C19H22N2O4S/c1-25-18-5-3-2-4-17(18)15-6-8-16(9-7-15)19(22)21-11-10-14(12-21)13-26(20,23)24/h2-9,14H,10-13H2,1H3,(H2,20,23,24). The molecule has 1 heterocycles. The number of nitrogens with two attached hydrogens (primary N) is 1. The van der Waals surface area contributed by atoms with Gasteiger partial charge in [-0.3, -0.25) is 4.79 Å². The SMILES string of the molecule is COc1ccccc1-c1ccc(C(=O)N2CCC(CS(N)(=O)=O)C2)cc1. The Hall–Kier alpha value is -2.38. The number of primary sulfonamides is 1. The first-order valence-electron chi connectivity index (χ1n) is 8.40. The van der Waals surface area contributed by atoms with Crippen molar-refractivity contribution in [1.82, 2.24) is 4.90 Å². The van der Waals surface area contributed by atoms with Crippen molar-refractivity contribution in [3.8, 4) is 16.9 Å². The molecular formula is C19H22N2O4S. The summed E-state index contributed by atoms with van der Waals surface area (Å²) < 4.78 is 27.8. The maximum absolute atomic E-state index is 12.6. The largest absolute Gasteiger partial charge is 0.496 e. The number of methoxy groups -OCH3 is 1. The van der Waals surface area contributed by atoms with E-state index in [9.17, 15) is 13.2 Å². The molecule has 2 aromatic carbocycles. The molecule has 1 amide bonds. The fourth-order valence-corrected chi connectivity index (χ4v) is 4.27. The summed E-state index contributed by atoms with van der Waals surface area (Å²) in [7, 11) is -1.89. The lowest BCUT2D eigenvalue weighted by Crippen LogP contribution is -2.30. The van der Waals surface area contributed by atoms with Gasteiger partial charge in [0.05, 0.1) is 12.9 Å². The van der Waals surface area contributed by atoms with Crippen molar-refractivity contribution in [2.75, 3.05) is 26.0 Å². The van der Waals surface area contributed by atoms with Crippen LogP contribution in [0.3, 0.4) is 0 Å². The first kappa shape index (κ1) is 18.4. The van der Waals surface area contributed by atoms with E-state index >= 15 is 0 Å². The van der Waals surface area contributed by atoms with Crippen LogP contribution in [-0.4, -0.2) is 45.2 Å². The van der Waals surface area contributed by atoms with Crippen LogP contribution in [0.25, 0.3) is 11.1 Å². The fourth-order valence-electron chi connectivity index (χ4n) is 3.34. The van der Waals surface area contributed by atoms with Gasteiger partial charge >= 0.3 is 0 Å². The second-order valence-corrected chi connectivity index (χ2v) is 8.17. The van der Waals surface area contributed by atoms with Gasteiger partial charge in [-0.15, -0.1) is 0 Å². The van der Waals surface area contributed by atoms with Crippen LogP contribution in [-0.2, 0) is 10.0 Å². The number of carbonyl (C=O) groups is 1. The predicted molar refractivity (Wildman–Crippen MR) is 100 cm³/mol. The van der Waals surface area contributed by atoms with Gasteiger partial charge in [-0.25, -0.2) is 13.6 Å². The van der Waals surface area contributed by atoms with Crippen LogP contribution in [0, 0.1) is 5.92 Å². The highest BCUT2D eigenvalue weighted by atomic mass is 32.2. The molecule has 138 valence electrons. The van der Waals surface area contributed by atoms with Crippen LogP contribution >= 0.6 is 0 Å². The Balaban J connectivity index is 1.72. The van der Waals surface area contributed by atoms with Gasteiger partial charge in [0.15, 0.2) is 0 Å². The van der Waals surface area contributed by atoms with E-state index < -0.39 is 10.0 Å². The molecule has 6 nitrogen and oxygen atoms in total. The van der Waals surface area contributed by atoms with E-state index in [4.69, 9.17) is 9.88 Å². The zero-order valence-corrected chi connectivity index (χ0v) is 15.4. The summed E-state index contributed by atoms with van der Waals surface area (Å²) in [5.74, 6) is 0.510. The van der Waals surface area contributed by atoms with Crippen molar-refractivity contribution >= 4 is 15.9 Å². The summed E-state index contributed by atoms with van der Waals surface area (Å²) in [6, 6.07) is 15.1. The number of carbonyl (C=O) groups excluding carboxylic acids is 1. The second kappa shape index (κ2) is 7.47. The highest BCUT2D eigenvalue weighted by Gasteiger charge is 2.29. The van der Waals surface area contributed by atoms with Gasteiger partial charge in [-0.1, -0.05) is 30.3 Å². The van der Waals surface area contributed by atoms with Crippen molar-refractivity contribution in [2.45, 2.75) is 6.42 Å². The zero-order chi connectivity index (χ0) is 18.7. The molecule has 3 rings (SSSR count). The molecule has 0 radical (unpaired) electrons. The van der Waals surface area contributed by atoms with Gasteiger partial charge in [0.1, 0.15) is 5.75 Å². The molecule has 1 aliphatic rings. The Kier molecular flexibility index (Phi) is 5.29. The Morgan fingerprint density at radius 3 is 2.54 bits per heavy atom. The van der Waals surface area contributed by atoms with Crippen molar-refractivity contribution in [1.29, 1.82) is 0 Å². The van der Waals surface area contributed by atoms with E-state index in [-0.39, 0.29) is 17.6 Å². The lowest BCUT2D eigenvalue weighted by atomic mass is 10.0. The molecule has 7 heteroatoms. The van der Waals surface area contributed by atoms with E-state index in [1.165, 1.54) is 0 Å². The van der Waals surface area contributed by atoms with E-state index in [2.05, 4.69) is 0 Å². The van der Waals surface area contributed by atoms with E-state index in [1.54, 1.807) is 24.1 Å². The smallest absolute Gasteiger partial charge is 0.253 e. The third kappa shape index (κ3) is 4.23. The van der Waals surface area contributed by atoms with Gasteiger partial charge < -0.3 is 9.64 Å². The van der Waals surface area contributed by atoms with Crippen LogP contribution in [0.5, 0.6) is 5.75 Å². The third-order valence-electron chi connectivity index (χ3n) is 4.59. The lowest BCUT2D eigenvalue weighted by molar-refractivity contribution is 0.0788. The average molecular weight is 374 g/mol. The molecule has 1 atom stereocenters. The number of para-hydroxylation sites is 1. The van der Waals surface area contributed by atoms with Crippen LogP contribution < -0.4 is 9.88 Å². The Bertz CT molecular complexity index is 894. The molecule has 0 aromatic heterocycles. The van der Waals surface area contributed by atoms with Gasteiger partial charge in [0.25, 0.3) is 5.91 Å². The summed E-state index contributed by atoms with van der Waals surface area (Å²) in [6.45, 7) is 0.969. The normalized spacial score (nSPS) is 17.3. The molecule has 0 spiro atoms. The van der Waals surface area contributed by atoms with E-state index in [1.807, 2.05) is 36.4 Å².